The highest BCUT2D eigenvalue weighted by molar-refractivity contribution is 5.81. The Balaban J connectivity index is 1.82. The van der Waals surface area contributed by atoms with E-state index in [4.69, 9.17) is 0 Å². The fraction of sp³-hybridized carbons (Fsp3) is 0.143. The first-order valence-corrected chi connectivity index (χ1v) is 9.24. The topological polar surface area (TPSA) is 106 Å². The van der Waals surface area contributed by atoms with Crippen molar-refractivity contribution in [2.24, 2.45) is 19.2 Å². The van der Waals surface area contributed by atoms with Gasteiger partial charge < -0.3 is 5.11 Å². The van der Waals surface area contributed by atoms with Crippen molar-refractivity contribution in [2.75, 3.05) is 5.43 Å². The maximum absolute atomic E-state index is 12.9. The molecular weight excluding hydrogens is 384 g/mol. The molecule has 4 rings (SSSR count). The van der Waals surface area contributed by atoms with E-state index >= 15 is 0 Å². The third kappa shape index (κ3) is 3.48. The van der Waals surface area contributed by atoms with E-state index in [1.165, 1.54) is 17.8 Å². The Morgan fingerprint density at radius 1 is 1.07 bits per heavy atom. The lowest BCUT2D eigenvalue weighted by molar-refractivity contribution is 0.475. The molecule has 0 aliphatic carbocycles. The average molecular weight is 404 g/mol. The Labute approximate surface area is 171 Å². The van der Waals surface area contributed by atoms with Crippen LogP contribution in [0.1, 0.15) is 11.1 Å². The van der Waals surface area contributed by atoms with Crippen LogP contribution in [-0.4, -0.2) is 30.0 Å². The van der Waals surface area contributed by atoms with E-state index in [1.807, 2.05) is 30.3 Å². The first-order valence-electron chi connectivity index (χ1n) is 9.24. The van der Waals surface area contributed by atoms with Gasteiger partial charge in [-0.15, -0.1) is 0 Å². The summed E-state index contributed by atoms with van der Waals surface area (Å²) in [4.78, 5) is 29.6. The summed E-state index contributed by atoms with van der Waals surface area (Å²) in [7, 11) is 3.01. The van der Waals surface area contributed by atoms with Crippen molar-refractivity contribution in [1.82, 2.24) is 18.7 Å². The van der Waals surface area contributed by atoms with E-state index in [0.717, 1.165) is 10.1 Å². The van der Waals surface area contributed by atoms with Gasteiger partial charge in [-0.25, -0.2) is 10.2 Å². The molecular formula is C21H20N6O3. The van der Waals surface area contributed by atoms with E-state index in [1.54, 1.807) is 35.9 Å². The zero-order valence-corrected chi connectivity index (χ0v) is 16.5. The molecule has 2 heterocycles. The Morgan fingerprint density at radius 2 is 1.83 bits per heavy atom. The minimum atomic E-state index is -0.452. The van der Waals surface area contributed by atoms with Crippen molar-refractivity contribution in [3.05, 3.63) is 86.6 Å². The minimum Gasteiger partial charge on any atom is -0.508 e. The smallest absolute Gasteiger partial charge is 0.332 e. The predicted molar refractivity (Wildman–Crippen MR) is 115 cm³/mol. The van der Waals surface area contributed by atoms with Crippen LogP contribution in [0.2, 0.25) is 0 Å². The Bertz CT molecular complexity index is 1370. The summed E-state index contributed by atoms with van der Waals surface area (Å²) in [5.41, 5.74) is 4.21. The number of aromatic nitrogens is 4. The van der Waals surface area contributed by atoms with Crippen LogP contribution < -0.4 is 16.7 Å². The zero-order chi connectivity index (χ0) is 21.3. The molecule has 0 fully saturated rings. The second kappa shape index (κ2) is 7.70. The molecule has 2 aromatic carbocycles. The molecule has 0 atom stereocenters. The summed E-state index contributed by atoms with van der Waals surface area (Å²) in [6.07, 6.45) is 1.53. The Hall–Kier alpha value is -4.14. The third-order valence-corrected chi connectivity index (χ3v) is 4.78. The molecule has 0 bridgehead atoms. The molecule has 0 radical (unpaired) electrons. The van der Waals surface area contributed by atoms with Crippen molar-refractivity contribution in [2.45, 2.75) is 6.54 Å². The minimum absolute atomic E-state index is 0.133. The van der Waals surface area contributed by atoms with Crippen molar-refractivity contribution >= 4 is 23.3 Å². The summed E-state index contributed by atoms with van der Waals surface area (Å²) < 4.78 is 4.10. The molecule has 0 aliphatic rings. The monoisotopic (exact) mass is 404 g/mol. The van der Waals surface area contributed by atoms with Gasteiger partial charge in [0.05, 0.1) is 12.8 Å². The number of rotatable bonds is 5. The van der Waals surface area contributed by atoms with Gasteiger partial charge in [0.1, 0.15) is 5.75 Å². The fourth-order valence-electron chi connectivity index (χ4n) is 3.22. The SMILES string of the molecule is Cn1c(=O)c2c(nc(NN=Cc3cccc(O)c3)n2Cc2ccccc2)n(C)c1=O. The summed E-state index contributed by atoms with van der Waals surface area (Å²) >= 11 is 0. The van der Waals surface area contributed by atoms with Gasteiger partial charge in [0.2, 0.25) is 5.95 Å². The fourth-order valence-corrected chi connectivity index (χ4v) is 3.22. The van der Waals surface area contributed by atoms with Gasteiger partial charge in [-0.2, -0.15) is 10.1 Å². The molecule has 152 valence electrons. The molecule has 0 spiro atoms. The van der Waals surface area contributed by atoms with E-state index in [0.29, 0.717) is 23.6 Å². The number of aromatic hydroxyl groups is 1. The standard InChI is InChI=1S/C21H20N6O3/c1-25-18-17(19(29)26(2)21(25)30)27(13-14-7-4-3-5-8-14)20(23-18)24-22-12-15-9-6-10-16(28)11-15/h3-12,28H,13H2,1-2H3,(H,23,24). The van der Waals surface area contributed by atoms with Crippen LogP contribution in [0.15, 0.2) is 69.3 Å². The second-order valence-corrected chi connectivity index (χ2v) is 6.85. The quantitative estimate of drug-likeness (QED) is 0.388. The van der Waals surface area contributed by atoms with Gasteiger partial charge in [0.15, 0.2) is 11.2 Å². The number of aryl methyl sites for hydroxylation is 1. The molecule has 0 saturated carbocycles. The van der Waals surface area contributed by atoms with Crippen molar-refractivity contribution < 1.29 is 5.11 Å². The summed E-state index contributed by atoms with van der Waals surface area (Å²) in [5, 5.41) is 13.8. The molecule has 9 nitrogen and oxygen atoms in total. The van der Waals surface area contributed by atoms with Crippen molar-refractivity contribution in [3.63, 3.8) is 0 Å². The van der Waals surface area contributed by atoms with Gasteiger partial charge >= 0.3 is 5.69 Å². The summed E-state index contributed by atoms with van der Waals surface area (Å²) in [6.45, 7) is 0.370. The maximum atomic E-state index is 12.9. The van der Waals surface area contributed by atoms with Gasteiger partial charge in [0, 0.05) is 14.1 Å². The van der Waals surface area contributed by atoms with Crippen LogP contribution in [0.4, 0.5) is 5.95 Å². The lowest BCUT2D eigenvalue weighted by Gasteiger charge is -2.09. The molecule has 30 heavy (non-hydrogen) atoms. The number of hydrogen-bond donors (Lipinski definition) is 2. The molecule has 0 aliphatic heterocycles. The van der Waals surface area contributed by atoms with Crippen LogP contribution >= 0.6 is 0 Å². The van der Waals surface area contributed by atoms with Crippen LogP contribution in [0.5, 0.6) is 5.75 Å². The number of imidazole rings is 1. The molecule has 0 unspecified atom stereocenters. The maximum Gasteiger partial charge on any atom is 0.332 e. The van der Waals surface area contributed by atoms with Crippen LogP contribution in [-0.2, 0) is 20.6 Å². The number of phenolic OH excluding ortho intramolecular Hbond substituents is 1. The number of fused-ring (bicyclic) bond motifs is 1. The highest BCUT2D eigenvalue weighted by Crippen LogP contribution is 2.18. The molecule has 9 heteroatoms. The average Bonchev–Trinajstić information content (AvgIpc) is 3.10. The van der Waals surface area contributed by atoms with Crippen molar-refractivity contribution in [1.29, 1.82) is 0 Å². The van der Waals surface area contributed by atoms with Crippen LogP contribution in [0.3, 0.4) is 0 Å². The first kappa shape index (κ1) is 19.2. The summed E-state index contributed by atoms with van der Waals surface area (Å²) in [5.74, 6) is 0.456. The molecule has 0 saturated heterocycles. The van der Waals surface area contributed by atoms with E-state index in [9.17, 15) is 14.7 Å². The zero-order valence-electron chi connectivity index (χ0n) is 16.5. The van der Waals surface area contributed by atoms with Gasteiger partial charge in [-0.1, -0.05) is 42.5 Å². The first-order chi connectivity index (χ1) is 14.5. The predicted octanol–water partition coefficient (Wildman–Crippen LogP) is 1.63. The Morgan fingerprint density at radius 3 is 2.57 bits per heavy atom. The van der Waals surface area contributed by atoms with E-state index in [-0.39, 0.29) is 11.4 Å². The number of anilines is 1. The van der Waals surface area contributed by atoms with Gasteiger partial charge in [0.25, 0.3) is 5.56 Å². The molecule has 2 aromatic heterocycles. The van der Waals surface area contributed by atoms with E-state index in [2.05, 4.69) is 15.5 Å². The highest BCUT2D eigenvalue weighted by Gasteiger charge is 2.19. The lowest BCUT2D eigenvalue weighted by Crippen LogP contribution is -2.37. The highest BCUT2D eigenvalue weighted by atomic mass is 16.3. The number of phenols is 1. The van der Waals surface area contributed by atoms with Gasteiger partial charge in [-0.05, 0) is 23.3 Å². The van der Waals surface area contributed by atoms with Gasteiger partial charge in [-0.3, -0.25) is 18.5 Å². The normalized spacial score (nSPS) is 11.4. The van der Waals surface area contributed by atoms with Crippen molar-refractivity contribution in [3.8, 4) is 5.75 Å². The Kier molecular flexibility index (Phi) is 4.93. The lowest BCUT2D eigenvalue weighted by atomic mass is 10.2. The number of nitrogens with one attached hydrogen (secondary N) is 1. The number of hydrazone groups is 1. The van der Waals surface area contributed by atoms with E-state index < -0.39 is 11.2 Å². The number of hydrogen-bond acceptors (Lipinski definition) is 6. The third-order valence-electron chi connectivity index (χ3n) is 4.78. The van der Waals surface area contributed by atoms with Crippen LogP contribution in [0.25, 0.3) is 11.2 Å². The summed E-state index contributed by atoms with van der Waals surface area (Å²) in [6, 6.07) is 16.3. The second-order valence-electron chi connectivity index (χ2n) is 6.85. The molecule has 2 N–H and O–H groups in total. The van der Waals surface area contributed by atoms with Crippen LogP contribution in [0, 0.1) is 0 Å². The largest absolute Gasteiger partial charge is 0.508 e. The molecule has 0 amide bonds. The number of benzene rings is 2. The number of nitrogens with zero attached hydrogens (tertiary/aromatic N) is 5. The molecule has 4 aromatic rings.